The molecule has 150 valence electrons. The van der Waals surface area contributed by atoms with Crippen LogP contribution >= 0.6 is 23.2 Å². The topological polar surface area (TPSA) is 51.1 Å². The summed E-state index contributed by atoms with van der Waals surface area (Å²) in [6, 6.07) is 21.1. The molecule has 4 aromatic rings. The van der Waals surface area contributed by atoms with Crippen LogP contribution in [0.3, 0.4) is 0 Å². The van der Waals surface area contributed by atoms with Crippen LogP contribution in [0, 0.1) is 0 Å². The van der Waals surface area contributed by atoms with Gasteiger partial charge in [0.2, 0.25) is 0 Å². The van der Waals surface area contributed by atoms with Crippen molar-refractivity contribution in [3.05, 3.63) is 98.6 Å². The van der Waals surface area contributed by atoms with Crippen LogP contribution in [0.4, 0.5) is 5.82 Å². The first-order valence-corrected chi connectivity index (χ1v) is 10.2. The molecule has 0 aliphatic heterocycles. The van der Waals surface area contributed by atoms with Crippen LogP contribution in [0.2, 0.25) is 10.0 Å². The van der Waals surface area contributed by atoms with Gasteiger partial charge in [0.15, 0.2) is 5.43 Å². The van der Waals surface area contributed by atoms with Crippen molar-refractivity contribution < 1.29 is 4.79 Å². The van der Waals surface area contributed by atoms with Gasteiger partial charge in [-0.3, -0.25) is 9.59 Å². The first kappa shape index (κ1) is 20.2. The van der Waals surface area contributed by atoms with E-state index in [-0.39, 0.29) is 11.3 Å². The third-order valence-electron chi connectivity index (χ3n) is 4.97. The number of rotatable bonds is 4. The van der Waals surface area contributed by atoms with Crippen LogP contribution in [0.15, 0.2) is 77.6 Å². The molecule has 1 aromatic heterocycles. The number of hydrogen-bond donors (Lipinski definition) is 1. The highest BCUT2D eigenvalue weighted by Gasteiger charge is 2.21. The maximum atomic E-state index is 13.5. The van der Waals surface area contributed by atoms with Gasteiger partial charge in [-0.2, -0.15) is 0 Å². The molecule has 0 radical (unpaired) electrons. The third kappa shape index (κ3) is 3.60. The van der Waals surface area contributed by atoms with Crippen molar-refractivity contribution in [2.45, 2.75) is 13.5 Å². The number of aromatic nitrogens is 1. The number of anilines is 1. The molecular formula is C24H18Cl2N2O2. The van der Waals surface area contributed by atoms with Crippen molar-refractivity contribution in [2.75, 3.05) is 5.32 Å². The highest BCUT2D eigenvalue weighted by Crippen LogP contribution is 2.33. The number of aryl methyl sites for hydroxylation is 1. The molecule has 0 fully saturated rings. The molecule has 4 nitrogen and oxygen atoms in total. The highest BCUT2D eigenvalue weighted by atomic mass is 35.5. The normalized spacial score (nSPS) is 10.9. The summed E-state index contributed by atoms with van der Waals surface area (Å²) in [6.45, 7) is 2.51. The Morgan fingerprint density at radius 1 is 0.933 bits per heavy atom. The second-order valence-electron chi connectivity index (χ2n) is 6.76. The van der Waals surface area contributed by atoms with Gasteiger partial charge in [-0.05, 0) is 49.4 Å². The minimum absolute atomic E-state index is 0.185. The molecule has 3 aromatic carbocycles. The fourth-order valence-corrected chi connectivity index (χ4v) is 3.91. The van der Waals surface area contributed by atoms with Gasteiger partial charge in [0.1, 0.15) is 5.82 Å². The highest BCUT2D eigenvalue weighted by molar-refractivity contribution is 6.33. The summed E-state index contributed by atoms with van der Waals surface area (Å²) in [4.78, 5) is 26.5. The van der Waals surface area contributed by atoms with Crippen molar-refractivity contribution in [3.8, 4) is 11.1 Å². The summed E-state index contributed by atoms with van der Waals surface area (Å²) in [5.41, 5.74) is 1.93. The van der Waals surface area contributed by atoms with E-state index < -0.39 is 0 Å². The molecule has 0 aliphatic rings. The first-order chi connectivity index (χ1) is 14.5. The maximum absolute atomic E-state index is 13.5. The Kier molecular flexibility index (Phi) is 5.62. The van der Waals surface area contributed by atoms with E-state index in [2.05, 4.69) is 5.32 Å². The second kappa shape index (κ2) is 8.34. The van der Waals surface area contributed by atoms with Crippen LogP contribution < -0.4 is 10.7 Å². The number of pyridine rings is 1. The zero-order valence-electron chi connectivity index (χ0n) is 16.2. The number of fused-ring (bicyclic) bond motifs is 1. The van der Waals surface area contributed by atoms with Crippen molar-refractivity contribution in [2.24, 2.45) is 0 Å². The Bertz CT molecular complexity index is 1310. The summed E-state index contributed by atoms with van der Waals surface area (Å²) >= 11 is 12.4. The lowest BCUT2D eigenvalue weighted by atomic mass is 10.0. The molecule has 0 saturated carbocycles. The fraction of sp³-hybridized carbons (Fsp3) is 0.0833. The smallest absolute Gasteiger partial charge is 0.256 e. The Labute approximate surface area is 183 Å². The number of carbonyl (C=O) groups excluding carboxylic acids is 1. The van der Waals surface area contributed by atoms with Gasteiger partial charge in [-0.1, -0.05) is 53.5 Å². The Morgan fingerprint density at radius 3 is 2.30 bits per heavy atom. The Hall–Kier alpha value is -3.08. The number of benzene rings is 3. The minimum atomic E-state index is -0.336. The lowest BCUT2D eigenvalue weighted by Crippen LogP contribution is -2.22. The quantitative estimate of drug-likeness (QED) is 0.411. The molecule has 0 bridgehead atoms. The van der Waals surface area contributed by atoms with Gasteiger partial charge in [0, 0.05) is 33.1 Å². The van der Waals surface area contributed by atoms with Gasteiger partial charge in [-0.15, -0.1) is 0 Å². The minimum Gasteiger partial charge on any atom is -0.327 e. The molecular weight excluding hydrogens is 419 g/mol. The number of nitrogens with zero attached hydrogens (tertiary/aromatic N) is 1. The van der Waals surface area contributed by atoms with Crippen LogP contribution in [0.25, 0.3) is 22.0 Å². The average Bonchev–Trinajstić information content (AvgIpc) is 2.76. The SMILES string of the molecule is CCn1c(NC(=O)c2ccc(Cl)cc2)c(-c2ccccc2Cl)c(=O)c2ccccc21. The van der Waals surface area contributed by atoms with Crippen molar-refractivity contribution in [3.63, 3.8) is 0 Å². The molecule has 0 spiro atoms. The predicted molar refractivity (Wildman–Crippen MR) is 124 cm³/mol. The molecule has 4 rings (SSSR count). The van der Waals surface area contributed by atoms with E-state index in [4.69, 9.17) is 23.2 Å². The average molecular weight is 437 g/mol. The van der Waals surface area contributed by atoms with Gasteiger partial charge >= 0.3 is 0 Å². The number of halogens is 2. The lowest BCUT2D eigenvalue weighted by molar-refractivity contribution is 0.102. The van der Waals surface area contributed by atoms with E-state index in [1.807, 2.05) is 35.8 Å². The number of hydrogen-bond acceptors (Lipinski definition) is 2. The Balaban J connectivity index is 2.00. The van der Waals surface area contributed by atoms with Crippen LogP contribution in [-0.4, -0.2) is 10.5 Å². The molecule has 0 unspecified atom stereocenters. The summed E-state index contributed by atoms with van der Waals surface area (Å²) < 4.78 is 1.92. The zero-order chi connectivity index (χ0) is 21.3. The van der Waals surface area contributed by atoms with Crippen molar-refractivity contribution in [1.29, 1.82) is 0 Å². The van der Waals surface area contributed by atoms with E-state index in [0.29, 0.717) is 44.5 Å². The first-order valence-electron chi connectivity index (χ1n) is 9.48. The number of para-hydroxylation sites is 1. The monoisotopic (exact) mass is 436 g/mol. The fourth-order valence-electron chi connectivity index (χ4n) is 3.55. The third-order valence-corrected chi connectivity index (χ3v) is 5.55. The number of carbonyl (C=O) groups is 1. The molecule has 1 N–H and O–H groups in total. The molecule has 1 amide bonds. The van der Waals surface area contributed by atoms with Crippen LogP contribution in [-0.2, 0) is 6.54 Å². The summed E-state index contributed by atoms with van der Waals surface area (Å²) in [6.07, 6.45) is 0. The molecule has 0 saturated heterocycles. The van der Waals surface area contributed by atoms with Gasteiger partial charge in [0.25, 0.3) is 5.91 Å². The van der Waals surface area contributed by atoms with Gasteiger partial charge in [-0.25, -0.2) is 0 Å². The summed E-state index contributed by atoms with van der Waals surface area (Å²) in [5.74, 6) is 0.0751. The summed E-state index contributed by atoms with van der Waals surface area (Å²) in [5, 5.41) is 4.50. The van der Waals surface area contributed by atoms with Gasteiger partial charge in [0.05, 0.1) is 11.1 Å². The Morgan fingerprint density at radius 2 is 1.60 bits per heavy atom. The van der Waals surface area contributed by atoms with Crippen molar-refractivity contribution in [1.82, 2.24) is 4.57 Å². The molecule has 6 heteroatoms. The van der Waals surface area contributed by atoms with E-state index in [1.54, 1.807) is 48.5 Å². The number of amides is 1. The van der Waals surface area contributed by atoms with Gasteiger partial charge < -0.3 is 9.88 Å². The maximum Gasteiger partial charge on any atom is 0.256 e. The van der Waals surface area contributed by atoms with E-state index >= 15 is 0 Å². The van der Waals surface area contributed by atoms with Crippen LogP contribution in [0.5, 0.6) is 0 Å². The zero-order valence-corrected chi connectivity index (χ0v) is 17.7. The van der Waals surface area contributed by atoms with Crippen LogP contribution in [0.1, 0.15) is 17.3 Å². The largest absolute Gasteiger partial charge is 0.327 e. The molecule has 1 heterocycles. The molecule has 0 atom stereocenters. The van der Waals surface area contributed by atoms with E-state index in [1.165, 1.54) is 0 Å². The molecule has 0 aliphatic carbocycles. The van der Waals surface area contributed by atoms with E-state index in [9.17, 15) is 9.59 Å². The lowest BCUT2D eigenvalue weighted by Gasteiger charge is -2.20. The summed E-state index contributed by atoms with van der Waals surface area (Å²) in [7, 11) is 0. The standard InChI is InChI=1S/C24H18Cl2N2O2/c1-2-28-20-10-6-4-8-18(20)22(29)21(17-7-3-5-9-19(17)26)23(28)27-24(30)15-11-13-16(25)14-12-15/h3-14H,2H2,1H3,(H,27,30). The molecule has 30 heavy (non-hydrogen) atoms. The number of nitrogens with one attached hydrogen (secondary N) is 1. The predicted octanol–water partition coefficient (Wildman–Crippen LogP) is 6.25. The van der Waals surface area contributed by atoms with E-state index in [0.717, 1.165) is 5.52 Å². The second-order valence-corrected chi connectivity index (χ2v) is 7.60. The van der Waals surface area contributed by atoms with Crippen molar-refractivity contribution >= 4 is 45.8 Å².